The molecule has 0 aliphatic carbocycles. The second-order valence-corrected chi connectivity index (χ2v) is 4.13. The van der Waals surface area contributed by atoms with Crippen LogP contribution >= 0.6 is 0 Å². The number of rotatable bonds is 2. The van der Waals surface area contributed by atoms with Gasteiger partial charge < -0.3 is 14.6 Å². The third kappa shape index (κ3) is 2.25. The summed E-state index contributed by atoms with van der Waals surface area (Å²) in [6.45, 7) is 1.65. The minimum Gasteiger partial charge on any atom is -0.486 e. The molecule has 0 amide bonds. The first-order valence-corrected chi connectivity index (χ1v) is 5.55. The highest BCUT2D eigenvalue weighted by molar-refractivity contribution is 5.54. The van der Waals surface area contributed by atoms with Crippen molar-refractivity contribution in [2.45, 2.75) is 19.0 Å². The van der Waals surface area contributed by atoms with Crippen LogP contribution < -0.4 is 9.47 Å². The Bertz CT molecular complexity index is 443. The molecule has 18 heavy (non-hydrogen) atoms. The van der Waals surface area contributed by atoms with E-state index in [1.165, 1.54) is 13.0 Å². The van der Waals surface area contributed by atoms with Gasteiger partial charge in [0.25, 0.3) is 0 Å². The topological polar surface area (TPSA) is 38.7 Å². The van der Waals surface area contributed by atoms with Crippen molar-refractivity contribution in [1.82, 2.24) is 0 Å². The fraction of sp³-hybridized carbons (Fsp3) is 0.500. The van der Waals surface area contributed by atoms with Gasteiger partial charge in [0.2, 0.25) is 0 Å². The highest BCUT2D eigenvalue weighted by atomic mass is 19.4. The Labute approximate surface area is 102 Å². The molecule has 3 nitrogen and oxygen atoms in total. The van der Waals surface area contributed by atoms with Crippen LogP contribution in [0.4, 0.5) is 13.2 Å². The van der Waals surface area contributed by atoms with Crippen LogP contribution in [0.1, 0.15) is 24.0 Å². The molecule has 1 unspecified atom stereocenters. The van der Waals surface area contributed by atoms with Gasteiger partial charge in [0, 0.05) is 18.1 Å². The Hall–Kier alpha value is -1.43. The zero-order valence-corrected chi connectivity index (χ0v) is 9.75. The normalized spacial score (nSPS) is 16.5. The maximum atomic E-state index is 12.9. The lowest BCUT2D eigenvalue weighted by molar-refractivity contribution is -0.138. The molecular weight excluding hydrogens is 249 g/mol. The number of alkyl halides is 3. The maximum Gasteiger partial charge on any atom is 0.416 e. The van der Waals surface area contributed by atoms with Gasteiger partial charge in [-0.15, -0.1) is 0 Å². The molecule has 1 aromatic rings. The number of aliphatic hydroxyl groups is 1. The first-order chi connectivity index (χ1) is 8.45. The highest BCUT2D eigenvalue weighted by Gasteiger charge is 2.37. The van der Waals surface area contributed by atoms with Crippen LogP contribution in [-0.4, -0.2) is 24.9 Å². The molecule has 0 spiro atoms. The summed E-state index contributed by atoms with van der Waals surface area (Å²) in [5.41, 5.74) is -0.824. The van der Waals surface area contributed by atoms with E-state index in [0.717, 1.165) is 6.07 Å². The van der Waals surface area contributed by atoms with Crippen molar-refractivity contribution >= 4 is 0 Å². The summed E-state index contributed by atoms with van der Waals surface area (Å²) < 4.78 is 49.3. The molecule has 0 fully saturated rings. The number of halogens is 3. The summed E-state index contributed by atoms with van der Waals surface area (Å²) in [4.78, 5) is 0. The van der Waals surface area contributed by atoms with Crippen molar-refractivity contribution in [3.63, 3.8) is 0 Å². The van der Waals surface area contributed by atoms with Crippen molar-refractivity contribution in [2.24, 2.45) is 0 Å². The molecule has 100 valence electrons. The van der Waals surface area contributed by atoms with Gasteiger partial charge in [0.05, 0.1) is 5.56 Å². The predicted octanol–water partition coefficient (Wildman–Crippen LogP) is 2.57. The van der Waals surface area contributed by atoms with Gasteiger partial charge in [-0.3, -0.25) is 0 Å². The molecule has 0 radical (unpaired) electrons. The van der Waals surface area contributed by atoms with E-state index in [0.29, 0.717) is 12.4 Å². The number of benzene rings is 1. The van der Waals surface area contributed by atoms with Gasteiger partial charge in [-0.1, -0.05) is 6.92 Å². The van der Waals surface area contributed by atoms with Crippen molar-refractivity contribution < 1.29 is 27.8 Å². The molecule has 1 aliphatic heterocycles. The van der Waals surface area contributed by atoms with E-state index in [1.807, 2.05) is 0 Å². The van der Waals surface area contributed by atoms with E-state index in [1.54, 1.807) is 0 Å². The highest BCUT2D eigenvalue weighted by Crippen LogP contribution is 2.45. The lowest BCUT2D eigenvalue weighted by atomic mass is 9.94. The number of hydrogen-bond acceptors (Lipinski definition) is 3. The van der Waals surface area contributed by atoms with Gasteiger partial charge >= 0.3 is 6.18 Å². The number of fused-ring (bicyclic) bond motifs is 1. The largest absolute Gasteiger partial charge is 0.486 e. The molecule has 1 N–H and O–H groups in total. The molecule has 6 heteroatoms. The summed E-state index contributed by atoms with van der Waals surface area (Å²) in [6, 6.07) is 2.22. The van der Waals surface area contributed by atoms with Crippen LogP contribution in [-0.2, 0) is 6.18 Å². The fourth-order valence-corrected chi connectivity index (χ4v) is 1.97. The SMILES string of the molecule is CC(CO)c1c(C(F)(F)F)ccc2c1OCCO2. The standard InChI is InChI=1S/C12H13F3O3/c1-7(6-16)10-8(12(13,14)15)2-3-9-11(10)18-5-4-17-9/h2-3,7,16H,4-6H2,1H3. The van der Waals surface area contributed by atoms with Gasteiger partial charge in [-0.2, -0.15) is 13.2 Å². The van der Waals surface area contributed by atoms with Crippen LogP contribution in [0.15, 0.2) is 12.1 Å². The Morgan fingerprint density at radius 1 is 1.28 bits per heavy atom. The molecule has 0 saturated heterocycles. The van der Waals surface area contributed by atoms with E-state index >= 15 is 0 Å². The maximum absolute atomic E-state index is 12.9. The first-order valence-electron chi connectivity index (χ1n) is 5.55. The number of aliphatic hydroxyl groups excluding tert-OH is 1. The summed E-state index contributed by atoms with van der Waals surface area (Å²) in [7, 11) is 0. The van der Waals surface area contributed by atoms with Gasteiger partial charge in [-0.25, -0.2) is 0 Å². The minimum atomic E-state index is -4.48. The van der Waals surface area contributed by atoms with E-state index in [9.17, 15) is 13.2 Å². The van der Waals surface area contributed by atoms with Crippen LogP contribution in [0, 0.1) is 0 Å². The number of hydrogen-bond donors (Lipinski definition) is 1. The summed E-state index contributed by atoms with van der Waals surface area (Å²) >= 11 is 0. The molecule has 0 saturated carbocycles. The third-order valence-corrected chi connectivity index (χ3v) is 2.82. The molecule has 1 atom stereocenters. The minimum absolute atomic E-state index is 0.0396. The fourth-order valence-electron chi connectivity index (χ4n) is 1.97. The molecule has 0 bridgehead atoms. The average Bonchev–Trinajstić information content (AvgIpc) is 2.35. The Balaban J connectivity index is 2.61. The lowest BCUT2D eigenvalue weighted by Gasteiger charge is -2.26. The Morgan fingerprint density at radius 3 is 2.56 bits per heavy atom. The van der Waals surface area contributed by atoms with Gasteiger partial charge in [0.1, 0.15) is 13.2 Å². The average molecular weight is 262 g/mol. The van der Waals surface area contributed by atoms with Crippen LogP contribution in [0.25, 0.3) is 0 Å². The summed E-state index contributed by atoms with van der Waals surface area (Å²) in [6.07, 6.45) is -4.48. The molecule has 1 aromatic carbocycles. The van der Waals surface area contributed by atoms with Crippen LogP contribution in [0.3, 0.4) is 0 Å². The van der Waals surface area contributed by atoms with E-state index < -0.39 is 17.7 Å². The van der Waals surface area contributed by atoms with E-state index in [2.05, 4.69) is 0 Å². The van der Waals surface area contributed by atoms with Gasteiger partial charge in [-0.05, 0) is 12.1 Å². The molecule has 0 aromatic heterocycles. The third-order valence-electron chi connectivity index (χ3n) is 2.82. The molecular formula is C12H13F3O3. The second kappa shape index (κ2) is 4.68. The molecule has 1 heterocycles. The van der Waals surface area contributed by atoms with Crippen molar-refractivity contribution in [2.75, 3.05) is 19.8 Å². The first kappa shape index (κ1) is 13.0. The zero-order chi connectivity index (χ0) is 13.3. The van der Waals surface area contributed by atoms with Gasteiger partial charge in [0.15, 0.2) is 11.5 Å². The monoisotopic (exact) mass is 262 g/mol. The summed E-state index contributed by atoms with van der Waals surface area (Å²) in [5.74, 6) is -0.277. The Morgan fingerprint density at radius 2 is 1.94 bits per heavy atom. The smallest absolute Gasteiger partial charge is 0.416 e. The second-order valence-electron chi connectivity index (χ2n) is 4.13. The Kier molecular flexibility index (Phi) is 3.38. The number of ether oxygens (including phenoxy) is 2. The summed E-state index contributed by atoms with van der Waals surface area (Å²) in [5, 5.41) is 9.12. The van der Waals surface area contributed by atoms with Crippen molar-refractivity contribution in [3.8, 4) is 11.5 Å². The van der Waals surface area contributed by atoms with Crippen molar-refractivity contribution in [1.29, 1.82) is 0 Å². The molecule has 2 rings (SSSR count). The van der Waals surface area contributed by atoms with E-state index in [4.69, 9.17) is 14.6 Å². The van der Waals surface area contributed by atoms with E-state index in [-0.39, 0.29) is 24.5 Å². The predicted molar refractivity (Wildman–Crippen MR) is 57.9 cm³/mol. The zero-order valence-electron chi connectivity index (χ0n) is 9.75. The van der Waals surface area contributed by atoms with Crippen molar-refractivity contribution in [3.05, 3.63) is 23.3 Å². The van der Waals surface area contributed by atoms with Crippen LogP contribution in [0.5, 0.6) is 11.5 Å². The van der Waals surface area contributed by atoms with Crippen LogP contribution in [0.2, 0.25) is 0 Å². The quantitative estimate of drug-likeness (QED) is 0.890. The molecule has 1 aliphatic rings. The lowest BCUT2D eigenvalue weighted by Crippen LogP contribution is -2.21.